The molecule has 2 fully saturated rings. The van der Waals surface area contributed by atoms with Crippen molar-refractivity contribution < 1.29 is 4.79 Å². The predicted octanol–water partition coefficient (Wildman–Crippen LogP) is 5.39. The van der Waals surface area contributed by atoms with Crippen LogP contribution < -0.4 is 5.32 Å². The number of hydrogen-bond donors (Lipinski definition) is 1. The Kier molecular flexibility index (Phi) is 6.50. The van der Waals surface area contributed by atoms with Crippen LogP contribution in [0.5, 0.6) is 0 Å². The predicted molar refractivity (Wildman–Crippen MR) is 133 cm³/mol. The molecule has 2 aromatic carbocycles. The van der Waals surface area contributed by atoms with Crippen LogP contribution in [0.4, 0.5) is 0 Å². The van der Waals surface area contributed by atoms with E-state index in [2.05, 4.69) is 54.1 Å². The molecule has 0 unspecified atom stereocenters. The lowest BCUT2D eigenvalue weighted by molar-refractivity contribution is 0.0729. The van der Waals surface area contributed by atoms with Gasteiger partial charge in [-0.15, -0.1) is 0 Å². The van der Waals surface area contributed by atoms with Crippen molar-refractivity contribution in [2.75, 3.05) is 6.54 Å². The molecule has 33 heavy (non-hydrogen) atoms. The van der Waals surface area contributed by atoms with Crippen molar-refractivity contribution in [3.63, 3.8) is 0 Å². The largest absolute Gasteiger partial charge is 0.331 e. The molecule has 1 aromatic heterocycles. The highest BCUT2D eigenvalue weighted by Crippen LogP contribution is 2.33. The smallest absolute Gasteiger partial charge is 0.254 e. The minimum absolute atomic E-state index is 0.106. The van der Waals surface area contributed by atoms with Gasteiger partial charge in [0, 0.05) is 31.2 Å². The van der Waals surface area contributed by atoms with Crippen LogP contribution in [0, 0.1) is 11.8 Å². The molecule has 3 aromatic rings. The first kappa shape index (κ1) is 22.1. The first-order valence-electron chi connectivity index (χ1n) is 12.6. The van der Waals surface area contributed by atoms with E-state index in [0.717, 1.165) is 48.9 Å². The Morgan fingerprint density at radius 3 is 2.70 bits per heavy atom. The SMILES string of the molecule is CC(C)CCN(Cc1nc2ccccc2n1CC1CC1)C(=O)c1cccc(CNC2CC2)c1. The molecule has 2 aliphatic carbocycles. The Labute approximate surface area is 197 Å². The summed E-state index contributed by atoms with van der Waals surface area (Å²) in [5.74, 6) is 2.40. The van der Waals surface area contributed by atoms with Crippen LogP contribution in [0.1, 0.15) is 67.7 Å². The van der Waals surface area contributed by atoms with Gasteiger partial charge in [-0.05, 0) is 73.8 Å². The van der Waals surface area contributed by atoms with Gasteiger partial charge in [0.25, 0.3) is 5.91 Å². The molecule has 1 amide bonds. The summed E-state index contributed by atoms with van der Waals surface area (Å²) in [4.78, 5) is 20.7. The summed E-state index contributed by atoms with van der Waals surface area (Å²) in [6, 6.07) is 17.2. The molecule has 1 heterocycles. The number of carbonyl (C=O) groups excluding carboxylic acids is 1. The minimum atomic E-state index is 0.106. The van der Waals surface area contributed by atoms with Gasteiger partial charge < -0.3 is 14.8 Å². The summed E-state index contributed by atoms with van der Waals surface area (Å²) in [5.41, 5.74) is 4.16. The molecule has 1 N–H and O–H groups in total. The number of benzene rings is 2. The lowest BCUT2D eigenvalue weighted by atomic mass is 10.1. The zero-order valence-electron chi connectivity index (χ0n) is 20.0. The van der Waals surface area contributed by atoms with E-state index in [1.54, 1.807) is 0 Å². The van der Waals surface area contributed by atoms with Gasteiger partial charge in [0.1, 0.15) is 5.82 Å². The Morgan fingerprint density at radius 1 is 1.12 bits per heavy atom. The Hall–Kier alpha value is -2.66. The molecule has 0 radical (unpaired) electrons. The molecule has 5 nitrogen and oxygen atoms in total. The lowest BCUT2D eigenvalue weighted by Gasteiger charge is -2.24. The molecule has 0 atom stereocenters. The molecule has 5 rings (SSSR count). The maximum atomic E-state index is 13.7. The van der Waals surface area contributed by atoms with E-state index in [4.69, 9.17) is 4.98 Å². The van der Waals surface area contributed by atoms with Crippen molar-refractivity contribution in [2.45, 2.75) is 71.6 Å². The number of aromatic nitrogens is 2. The van der Waals surface area contributed by atoms with E-state index in [1.165, 1.54) is 36.8 Å². The highest BCUT2D eigenvalue weighted by molar-refractivity contribution is 5.94. The molecule has 174 valence electrons. The third-order valence-corrected chi connectivity index (χ3v) is 6.81. The van der Waals surface area contributed by atoms with Gasteiger partial charge in [-0.3, -0.25) is 4.79 Å². The highest BCUT2D eigenvalue weighted by atomic mass is 16.2. The van der Waals surface area contributed by atoms with Crippen LogP contribution in [-0.2, 0) is 19.6 Å². The highest BCUT2D eigenvalue weighted by Gasteiger charge is 2.26. The van der Waals surface area contributed by atoms with Crippen LogP contribution in [0.15, 0.2) is 48.5 Å². The summed E-state index contributed by atoms with van der Waals surface area (Å²) in [6.45, 7) is 7.56. The molecule has 0 spiro atoms. The number of amides is 1. The number of imidazole rings is 1. The van der Waals surface area contributed by atoms with Crippen LogP contribution in [0.3, 0.4) is 0 Å². The van der Waals surface area contributed by atoms with E-state index >= 15 is 0 Å². The number of nitrogens with one attached hydrogen (secondary N) is 1. The monoisotopic (exact) mass is 444 g/mol. The first-order valence-corrected chi connectivity index (χ1v) is 12.6. The van der Waals surface area contributed by atoms with Gasteiger partial charge in [-0.2, -0.15) is 0 Å². The number of hydrogen-bond acceptors (Lipinski definition) is 3. The summed E-state index contributed by atoms with van der Waals surface area (Å²) < 4.78 is 2.36. The number of para-hydroxylation sites is 2. The Morgan fingerprint density at radius 2 is 1.94 bits per heavy atom. The standard InChI is InChI=1S/C28H36N4O/c1-20(2)14-15-31(28(33)23-7-5-6-22(16-23)17-29-24-12-13-24)19-27-30-25-8-3-4-9-26(25)32(27)18-21-10-11-21/h3-9,16,20-21,24,29H,10-15,17-19H2,1-2H3. The molecular formula is C28H36N4O. The van der Waals surface area contributed by atoms with Gasteiger partial charge in [0.15, 0.2) is 0 Å². The van der Waals surface area contributed by atoms with Crippen molar-refractivity contribution >= 4 is 16.9 Å². The maximum Gasteiger partial charge on any atom is 0.254 e. The summed E-state index contributed by atoms with van der Waals surface area (Å²) in [7, 11) is 0. The van der Waals surface area contributed by atoms with Gasteiger partial charge in [-0.1, -0.05) is 38.1 Å². The zero-order chi connectivity index (χ0) is 22.8. The number of fused-ring (bicyclic) bond motifs is 1. The van der Waals surface area contributed by atoms with Crippen LogP contribution in [0.2, 0.25) is 0 Å². The lowest BCUT2D eigenvalue weighted by Crippen LogP contribution is -2.33. The van der Waals surface area contributed by atoms with E-state index in [-0.39, 0.29) is 5.91 Å². The summed E-state index contributed by atoms with van der Waals surface area (Å²) >= 11 is 0. The molecule has 0 saturated heterocycles. The summed E-state index contributed by atoms with van der Waals surface area (Å²) in [5, 5.41) is 3.56. The van der Waals surface area contributed by atoms with E-state index in [0.29, 0.717) is 18.5 Å². The van der Waals surface area contributed by atoms with Crippen LogP contribution in [0.25, 0.3) is 11.0 Å². The quantitative estimate of drug-likeness (QED) is 0.432. The van der Waals surface area contributed by atoms with Crippen LogP contribution in [-0.4, -0.2) is 32.9 Å². The second-order valence-corrected chi connectivity index (χ2v) is 10.3. The normalized spacial score (nSPS) is 16.0. The number of carbonyl (C=O) groups is 1. The van der Waals surface area contributed by atoms with Crippen molar-refractivity contribution in [1.82, 2.24) is 19.8 Å². The molecule has 2 saturated carbocycles. The summed E-state index contributed by atoms with van der Waals surface area (Å²) in [6.07, 6.45) is 6.11. The molecule has 0 bridgehead atoms. The van der Waals surface area contributed by atoms with Gasteiger partial charge in [0.05, 0.1) is 17.6 Å². The average molecular weight is 445 g/mol. The molecular weight excluding hydrogens is 408 g/mol. The molecule has 5 heteroatoms. The third-order valence-electron chi connectivity index (χ3n) is 6.81. The fourth-order valence-electron chi connectivity index (χ4n) is 4.39. The average Bonchev–Trinajstić information content (AvgIpc) is 3.74. The molecule has 2 aliphatic rings. The van der Waals surface area contributed by atoms with Gasteiger partial charge in [0.2, 0.25) is 0 Å². The topological polar surface area (TPSA) is 50.2 Å². The van der Waals surface area contributed by atoms with Gasteiger partial charge in [-0.25, -0.2) is 4.98 Å². The molecule has 0 aliphatic heterocycles. The minimum Gasteiger partial charge on any atom is -0.331 e. The van der Waals surface area contributed by atoms with Crippen molar-refractivity contribution in [3.8, 4) is 0 Å². The maximum absolute atomic E-state index is 13.7. The number of rotatable bonds is 11. The van der Waals surface area contributed by atoms with Gasteiger partial charge >= 0.3 is 0 Å². The zero-order valence-corrected chi connectivity index (χ0v) is 20.0. The fraction of sp³-hybridized carbons (Fsp3) is 0.500. The number of nitrogens with zero attached hydrogens (tertiary/aromatic N) is 3. The Bertz CT molecular complexity index is 1110. The van der Waals surface area contributed by atoms with Crippen molar-refractivity contribution in [3.05, 3.63) is 65.5 Å². The second kappa shape index (κ2) is 9.68. The van der Waals surface area contributed by atoms with Crippen molar-refractivity contribution in [2.24, 2.45) is 11.8 Å². The first-order chi connectivity index (χ1) is 16.1. The van der Waals surface area contributed by atoms with E-state index < -0.39 is 0 Å². The Balaban J connectivity index is 1.40. The second-order valence-electron chi connectivity index (χ2n) is 10.3. The van der Waals surface area contributed by atoms with E-state index in [1.807, 2.05) is 23.1 Å². The third kappa shape index (κ3) is 5.64. The van der Waals surface area contributed by atoms with Crippen LogP contribution >= 0.6 is 0 Å². The fourth-order valence-corrected chi connectivity index (χ4v) is 4.39. The van der Waals surface area contributed by atoms with E-state index in [9.17, 15) is 4.79 Å². The van der Waals surface area contributed by atoms with Crippen molar-refractivity contribution in [1.29, 1.82) is 0 Å².